The lowest BCUT2D eigenvalue weighted by Crippen LogP contribution is -2.45. The Morgan fingerprint density at radius 1 is 1.41 bits per heavy atom. The van der Waals surface area contributed by atoms with Crippen molar-refractivity contribution in [2.75, 3.05) is 26.2 Å². The van der Waals surface area contributed by atoms with Gasteiger partial charge in [-0.25, -0.2) is 4.39 Å². The van der Waals surface area contributed by atoms with Crippen molar-refractivity contribution < 1.29 is 19.1 Å². The first-order valence-corrected chi connectivity index (χ1v) is 7.48. The largest absolute Gasteiger partial charge is 0.396 e. The van der Waals surface area contributed by atoms with Crippen molar-refractivity contribution in [2.45, 2.75) is 19.3 Å². The number of carbonyl (C=O) groups excluding carboxylic acids is 2. The highest BCUT2D eigenvalue weighted by atomic mass is 19.1. The maximum absolute atomic E-state index is 13.0. The van der Waals surface area contributed by atoms with E-state index < -0.39 is 0 Å². The summed E-state index contributed by atoms with van der Waals surface area (Å²) >= 11 is 0. The van der Waals surface area contributed by atoms with Crippen LogP contribution in [-0.4, -0.2) is 48.1 Å². The monoisotopic (exact) mass is 308 g/mol. The van der Waals surface area contributed by atoms with Gasteiger partial charge in [-0.15, -0.1) is 0 Å². The molecule has 0 saturated carbocycles. The molecular weight excluding hydrogens is 287 g/mol. The molecule has 1 heterocycles. The fraction of sp³-hybridized carbons (Fsp3) is 0.500. The van der Waals surface area contributed by atoms with Crippen molar-refractivity contribution in [3.05, 3.63) is 35.6 Å². The minimum atomic E-state index is -0.385. The highest BCUT2D eigenvalue weighted by Gasteiger charge is 2.23. The van der Waals surface area contributed by atoms with E-state index in [2.05, 4.69) is 5.32 Å². The van der Waals surface area contributed by atoms with E-state index in [0.717, 1.165) is 12.8 Å². The minimum absolute atomic E-state index is 0.0459. The molecule has 5 nitrogen and oxygen atoms in total. The quantitative estimate of drug-likeness (QED) is 0.842. The molecule has 1 fully saturated rings. The van der Waals surface area contributed by atoms with Crippen molar-refractivity contribution in [2.24, 2.45) is 5.92 Å². The molecule has 6 heteroatoms. The second-order valence-corrected chi connectivity index (χ2v) is 5.61. The number of hydrogen-bond donors (Lipinski definition) is 2. The molecule has 1 aromatic rings. The summed E-state index contributed by atoms with van der Waals surface area (Å²) in [4.78, 5) is 25.5. The van der Waals surface area contributed by atoms with Crippen LogP contribution in [0.4, 0.5) is 4.39 Å². The maximum Gasteiger partial charge on any atom is 0.241 e. The average Bonchev–Trinajstić information content (AvgIpc) is 2.52. The molecule has 0 aromatic heterocycles. The molecule has 0 spiro atoms. The Labute approximate surface area is 129 Å². The second-order valence-electron chi connectivity index (χ2n) is 5.61. The minimum Gasteiger partial charge on any atom is -0.396 e. The summed E-state index contributed by atoms with van der Waals surface area (Å²) in [6, 6.07) is 5.84. The number of likely N-dealkylation sites (tertiary alicyclic amines) is 1. The number of rotatable bonds is 5. The Bertz CT molecular complexity index is 536. The summed E-state index contributed by atoms with van der Waals surface area (Å²) < 4.78 is 13.0. The Hall–Kier alpha value is -1.95. The van der Waals surface area contributed by atoms with Gasteiger partial charge < -0.3 is 15.3 Å². The Balaban J connectivity index is 1.77. The third-order valence-electron chi connectivity index (χ3n) is 3.82. The number of piperidine rings is 1. The second kappa shape index (κ2) is 7.89. The molecule has 1 aromatic carbocycles. The lowest BCUT2D eigenvalue weighted by Gasteiger charge is -2.31. The number of halogens is 1. The molecule has 0 aliphatic carbocycles. The van der Waals surface area contributed by atoms with Gasteiger partial charge in [0, 0.05) is 19.7 Å². The lowest BCUT2D eigenvalue weighted by molar-refractivity contribution is -0.134. The zero-order valence-corrected chi connectivity index (χ0v) is 12.4. The summed E-state index contributed by atoms with van der Waals surface area (Å²) in [5.74, 6) is -0.717. The van der Waals surface area contributed by atoms with Crippen molar-refractivity contribution in [3.8, 4) is 0 Å². The summed E-state index contributed by atoms with van der Waals surface area (Å²) in [5.41, 5.74) is 0.572. The van der Waals surface area contributed by atoms with Crippen LogP contribution in [0.5, 0.6) is 0 Å². The SMILES string of the molecule is O=C(Cc1cccc(F)c1)NCC(=O)N1CCCC(CO)C1. The Morgan fingerprint density at radius 2 is 2.23 bits per heavy atom. The lowest BCUT2D eigenvalue weighted by atomic mass is 9.99. The molecular formula is C16H21FN2O3. The molecule has 1 unspecified atom stereocenters. The van der Waals surface area contributed by atoms with Crippen molar-refractivity contribution in [1.82, 2.24) is 10.2 Å². The highest BCUT2D eigenvalue weighted by Crippen LogP contribution is 2.15. The first kappa shape index (κ1) is 16.4. The molecule has 1 aliphatic heterocycles. The number of aliphatic hydroxyl groups is 1. The Kier molecular flexibility index (Phi) is 5.89. The van der Waals surface area contributed by atoms with Crippen LogP contribution >= 0.6 is 0 Å². The molecule has 120 valence electrons. The van der Waals surface area contributed by atoms with E-state index >= 15 is 0 Å². The summed E-state index contributed by atoms with van der Waals surface area (Å²) in [5, 5.41) is 11.7. The number of hydrogen-bond acceptors (Lipinski definition) is 3. The fourth-order valence-corrected chi connectivity index (χ4v) is 2.62. The first-order valence-electron chi connectivity index (χ1n) is 7.48. The highest BCUT2D eigenvalue weighted by molar-refractivity contribution is 5.85. The van der Waals surface area contributed by atoms with Gasteiger partial charge in [-0.3, -0.25) is 9.59 Å². The molecule has 0 radical (unpaired) electrons. The van der Waals surface area contributed by atoms with Gasteiger partial charge in [-0.2, -0.15) is 0 Å². The predicted molar refractivity (Wildman–Crippen MR) is 79.5 cm³/mol. The zero-order chi connectivity index (χ0) is 15.9. The first-order chi connectivity index (χ1) is 10.6. The fourth-order valence-electron chi connectivity index (χ4n) is 2.62. The van der Waals surface area contributed by atoms with Crippen molar-refractivity contribution in [1.29, 1.82) is 0 Å². The van der Waals surface area contributed by atoms with Gasteiger partial charge in [0.1, 0.15) is 5.82 Å². The molecule has 22 heavy (non-hydrogen) atoms. The van der Waals surface area contributed by atoms with E-state index in [9.17, 15) is 14.0 Å². The van der Waals surface area contributed by atoms with Crippen LogP contribution in [0.15, 0.2) is 24.3 Å². The smallest absolute Gasteiger partial charge is 0.241 e. The zero-order valence-electron chi connectivity index (χ0n) is 12.4. The molecule has 2 N–H and O–H groups in total. The topological polar surface area (TPSA) is 69.6 Å². The molecule has 1 saturated heterocycles. The predicted octanol–water partition coefficient (Wildman–Crippen LogP) is 0.715. The molecule has 2 rings (SSSR count). The third-order valence-corrected chi connectivity index (χ3v) is 3.82. The van der Waals surface area contributed by atoms with Crippen LogP contribution in [0.25, 0.3) is 0 Å². The van der Waals surface area contributed by atoms with Gasteiger partial charge in [0.15, 0.2) is 0 Å². The normalized spacial score (nSPS) is 18.1. The summed E-state index contributed by atoms with van der Waals surface area (Å²) in [7, 11) is 0. The summed E-state index contributed by atoms with van der Waals surface area (Å²) in [6.07, 6.45) is 1.84. The average molecular weight is 308 g/mol. The van der Waals surface area contributed by atoms with Crippen LogP contribution in [0.3, 0.4) is 0 Å². The van der Waals surface area contributed by atoms with Crippen LogP contribution < -0.4 is 5.32 Å². The van der Waals surface area contributed by atoms with E-state index in [4.69, 9.17) is 5.11 Å². The van der Waals surface area contributed by atoms with Gasteiger partial charge >= 0.3 is 0 Å². The van der Waals surface area contributed by atoms with Gasteiger partial charge in [0.25, 0.3) is 0 Å². The van der Waals surface area contributed by atoms with Crippen LogP contribution in [0.1, 0.15) is 18.4 Å². The van der Waals surface area contributed by atoms with Crippen LogP contribution in [0.2, 0.25) is 0 Å². The van der Waals surface area contributed by atoms with E-state index in [1.165, 1.54) is 12.1 Å². The number of nitrogens with zero attached hydrogens (tertiary/aromatic N) is 1. The molecule has 1 aliphatic rings. The third kappa shape index (κ3) is 4.80. The number of aliphatic hydroxyl groups excluding tert-OH is 1. The molecule has 0 bridgehead atoms. The summed E-state index contributed by atoms with van der Waals surface area (Å²) in [6.45, 7) is 1.21. The van der Waals surface area contributed by atoms with Gasteiger partial charge in [0.05, 0.1) is 13.0 Å². The van der Waals surface area contributed by atoms with Crippen LogP contribution in [0, 0.1) is 11.7 Å². The van der Waals surface area contributed by atoms with Gasteiger partial charge in [-0.05, 0) is 36.5 Å². The number of carbonyl (C=O) groups is 2. The van der Waals surface area contributed by atoms with Gasteiger partial charge in [0.2, 0.25) is 11.8 Å². The van der Waals surface area contributed by atoms with E-state index in [0.29, 0.717) is 18.7 Å². The van der Waals surface area contributed by atoms with E-state index in [1.807, 2.05) is 0 Å². The number of nitrogens with one attached hydrogen (secondary N) is 1. The van der Waals surface area contributed by atoms with E-state index in [1.54, 1.807) is 17.0 Å². The number of amides is 2. The number of benzene rings is 1. The van der Waals surface area contributed by atoms with Crippen molar-refractivity contribution >= 4 is 11.8 Å². The van der Waals surface area contributed by atoms with Gasteiger partial charge in [-0.1, -0.05) is 12.1 Å². The molecule has 2 amide bonds. The molecule has 1 atom stereocenters. The standard InChI is InChI=1S/C16H21FN2O3/c17-14-5-1-3-12(7-14)8-15(21)18-9-16(22)19-6-2-4-13(10-19)11-20/h1,3,5,7,13,20H,2,4,6,8-11H2,(H,18,21). The van der Waals surface area contributed by atoms with Crippen LogP contribution in [-0.2, 0) is 16.0 Å². The van der Waals surface area contributed by atoms with Crippen molar-refractivity contribution in [3.63, 3.8) is 0 Å². The van der Waals surface area contributed by atoms with E-state index in [-0.39, 0.29) is 43.1 Å². The Morgan fingerprint density at radius 3 is 2.95 bits per heavy atom. The maximum atomic E-state index is 13.0.